The number of nitrogens with one attached hydrogen (secondary N) is 1. The molecular weight excluding hydrogens is 286 g/mol. The van der Waals surface area contributed by atoms with Crippen LogP contribution in [-0.2, 0) is 13.1 Å². The molecule has 0 aromatic carbocycles. The van der Waals surface area contributed by atoms with E-state index in [-0.39, 0.29) is 0 Å². The fourth-order valence-corrected chi connectivity index (χ4v) is 2.28. The molecular formula is C15H30ClN5. The first-order valence-electron chi connectivity index (χ1n) is 7.70. The highest BCUT2D eigenvalue weighted by Crippen LogP contribution is 2.25. The van der Waals surface area contributed by atoms with E-state index in [0.717, 1.165) is 31.7 Å². The summed E-state index contributed by atoms with van der Waals surface area (Å²) in [5, 5.41) is 13.0. The van der Waals surface area contributed by atoms with Gasteiger partial charge in [0.1, 0.15) is 11.5 Å². The minimum Gasteiger partial charge on any atom is -0.361 e. The molecule has 1 aliphatic rings. The van der Waals surface area contributed by atoms with Gasteiger partial charge in [0.05, 0.1) is 10.7 Å². The number of rotatable bonds is 1. The molecule has 1 aliphatic heterocycles. The van der Waals surface area contributed by atoms with E-state index in [4.69, 9.17) is 17.0 Å². The van der Waals surface area contributed by atoms with E-state index >= 15 is 0 Å². The molecule has 1 aromatic rings. The molecule has 5 nitrogen and oxygen atoms in total. The van der Waals surface area contributed by atoms with Gasteiger partial charge in [0.2, 0.25) is 0 Å². The van der Waals surface area contributed by atoms with Gasteiger partial charge in [-0.15, -0.1) is 0 Å². The summed E-state index contributed by atoms with van der Waals surface area (Å²) in [6, 6.07) is 0. The molecule has 2 heterocycles. The second-order valence-electron chi connectivity index (χ2n) is 4.67. The average Bonchev–Trinajstić information content (AvgIpc) is 2.68. The van der Waals surface area contributed by atoms with Crippen LogP contribution < -0.4 is 0 Å². The van der Waals surface area contributed by atoms with Crippen LogP contribution in [0.3, 0.4) is 0 Å². The number of nitrogens with zero attached hydrogens (tertiary/aromatic N) is 4. The van der Waals surface area contributed by atoms with Crippen LogP contribution in [0, 0.1) is 5.41 Å². The van der Waals surface area contributed by atoms with E-state index in [9.17, 15) is 0 Å². The van der Waals surface area contributed by atoms with Crippen LogP contribution in [0.5, 0.6) is 0 Å². The van der Waals surface area contributed by atoms with Gasteiger partial charge in [0, 0.05) is 33.7 Å². The second-order valence-corrected chi connectivity index (χ2v) is 5.04. The summed E-state index contributed by atoms with van der Waals surface area (Å²) in [5.74, 6) is 0.359. The smallest absolute Gasteiger partial charge is 0.150 e. The number of fused-ring (bicyclic) bond motifs is 1. The molecule has 0 fully saturated rings. The van der Waals surface area contributed by atoms with Crippen LogP contribution in [0.2, 0.25) is 5.02 Å². The van der Waals surface area contributed by atoms with E-state index < -0.39 is 0 Å². The van der Waals surface area contributed by atoms with Crippen molar-refractivity contribution in [2.75, 3.05) is 27.7 Å². The Labute approximate surface area is 134 Å². The highest BCUT2D eigenvalue weighted by atomic mass is 35.5. The molecule has 21 heavy (non-hydrogen) atoms. The Hall–Kier alpha value is -1.07. The zero-order valence-corrected chi connectivity index (χ0v) is 15.3. The molecule has 0 unspecified atom stereocenters. The van der Waals surface area contributed by atoms with Crippen molar-refractivity contribution in [1.82, 2.24) is 19.6 Å². The monoisotopic (exact) mass is 315 g/mol. The van der Waals surface area contributed by atoms with Crippen molar-refractivity contribution in [3.63, 3.8) is 0 Å². The van der Waals surface area contributed by atoms with Crippen molar-refractivity contribution in [2.24, 2.45) is 0 Å². The van der Waals surface area contributed by atoms with Crippen molar-refractivity contribution in [1.29, 1.82) is 5.41 Å². The van der Waals surface area contributed by atoms with Gasteiger partial charge in [-0.05, 0) is 13.5 Å². The summed E-state index contributed by atoms with van der Waals surface area (Å²) >= 11 is 6.34. The van der Waals surface area contributed by atoms with Gasteiger partial charge in [-0.25, -0.2) is 0 Å². The van der Waals surface area contributed by atoms with E-state index in [1.165, 1.54) is 0 Å². The lowest BCUT2D eigenvalue weighted by atomic mass is 10.3. The van der Waals surface area contributed by atoms with Crippen molar-refractivity contribution in [3.8, 4) is 0 Å². The van der Waals surface area contributed by atoms with Crippen molar-refractivity contribution >= 4 is 17.4 Å². The first-order chi connectivity index (χ1) is 10.0. The van der Waals surface area contributed by atoms with Crippen LogP contribution >= 0.6 is 11.6 Å². The van der Waals surface area contributed by atoms with Crippen LogP contribution in [0.25, 0.3) is 0 Å². The number of aromatic nitrogens is 2. The van der Waals surface area contributed by atoms with Gasteiger partial charge in [-0.2, -0.15) is 5.10 Å². The second kappa shape index (κ2) is 9.79. The van der Waals surface area contributed by atoms with Crippen LogP contribution in [0.15, 0.2) is 0 Å². The molecule has 122 valence electrons. The molecule has 0 spiro atoms. The molecule has 0 amide bonds. The normalized spacial score (nSPS) is 13.9. The van der Waals surface area contributed by atoms with Gasteiger partial charge >= 0.3 is 0 Å². The fourth-order valence-electron chi connectivity index (χ4n) is 2.00. The molecule has 0 radical (unpaired) electrons. The maximum atomic E-state index is 7.96. The average molecular weight is 316 g/mol. The lowest BCUT2D eigenvalue weighted by Gasteiger charge is -2.13. The van der Waals surface area contributed by atoms with Crippen LogP contribution in [0.1, 0.15) is 45.5 Å². The minimum atomic E-state index is 0.359. The third-order valence-corrected chi connectivity index (χ3v) is 3.39. The predicted octanol–water partition coefficient (Wildman–Crippen LogP) is 3.31. The summed E-state index contributed by atoms with van der Waals surface area (Å²) in [6.45, 7) is 10.7. The summed E-state index contributed by atoms with van der Waals surface area (Å²) in [7, 11) is 5.74. The Bertz CT molecular complexity index is 440. The minimum absolute atomic E-state index is 0.359. The number of hydrogen-bond donors (Lipinski definition) is 1. The molecule has 0 saturated carbocycles. The van der Waals surface area contributed by atoms with Crippen molar-refractivity contribution < 1.29 is 0 Å². The zero-order chi connectivity index (χ0) is 16.6. The molecule has 1 N–H and O–H groups in total. The SMILES string of the molecule is CC.CC.CN1CCCn2nc(C(=N)N(C)C)c(Cl)c2C1. The summed E-state index contributed by atoms with van der Waals surface area (Å²) in [6.07, 6.45) is 1.07. The van der Waals surface area contributed by atoms with E-state index in [1.54, 1.807) is 4.90 Å². The molecule has 0 aliphatic carbocycles. The molecule has 0 bridgehead atoms. The highest BCUT2D eigenvalue weighted by molar-refractivity contribution is 6.34. The maximum absolute atomic E-state index is 7.96. The van der Waals surface area contributed by atoms with E-state index in [0.29, 0.717) is 16.6 Å². The number of amidine groups is 1. The molecule has 2 rings (SSSR count). The Kier molecular flexibility index (Phi) is 9.29. The summed E-state index contributed by atoms with van der Waals surface area (Å²) in [5.41, 5.74) is 1.61. The quantitative estimate of drug-likeness (QED) is 0.639. The van der Waals surface area contributed by atoms with E-state index in [1.807, 2.05) is 46.5 Å². The predicted molar refractivity (Wildman–Crippen MR) is 91.4 cm³/mol. The van der Waals surface area contributed by atoms with Gasteiger partial charge in [-0.3, -0.25) is 10.1 Å². The first kappa shape index (κ1) is 19.9. The third-order valence-electron chi connectivity index (χ3n) is 2.99. The Morgan fingerprint density at radius 3 is 2.29 bits per heavy atom. The van der Waals surface area contributed by atoms with Crippen molar-refractivity contribution in [3.05, 3.63) is 16.4 Å². The Morgan fingerprint density at radius 2 is 1.76 bits per heavy atom. The zero-order valence-electron chi connectivity index (χ0n) is 14.5. The van der Waals surface area contributed by atoms with Crippen LogP contribution in [0.4, 0.5) is 0 Å². The van der Waals surface area contributed by atoms with Gasteiger partial charge < -0.3 is 9.80 Å². The third kappa shape index (κ3) is 5.00. The Morgan fingerprint density at radius 1 is 1.19 bits per heavy atom. The number of aryl methyl sites for hydroxylation is 1. The van der Waals surface area contributed by atoms with Crippen molar-refractivity contribution in [2.45, 2.75) is 47.2 Å². The largest absolute Gasteiger partial charge is 0.361 e. The summed E-state index contributed by atoms with van der Waals surface area (Å²) < 4.78 is 1.94. The van der Waals surface area contributed by atoms with Gasteiger partial charge in [0.25, 0.3) is 0 Å². The number of halogens is 1. The standard InChI is InChI=1S/C11H18ClN5.2C2H6/c1-15(2)11(13)10-9(12)8-7-16(3)5-4-6-17(8)14-10;2*1-2/h13H,4-7H2,1-3H3;2*1-2H3. The Balaban J connectivity index is 0.000000921. The molecule has 0 atom stereocenters. The van der Waals surface area contributed by atoms with Crippen LogP contribution in [-0.4, -0.2) is 53.1 Å². The molecule has 1 aromatic heterocycles. The topological polar surface area (TPSA) is 48.2 Å². The molecule has 0 saturated heterocycles. The lowest BCUT2D eigenvalue weighted by molar-refractivity contribution is 0.332. The first-order valence-corrected chi connectivity index (χ1v) is 8.08. The number of hydrogen-bond acceptors (Lipinski definition) is 3. The van der Waals surface area contributed by atoms with E-state index in [2.05, 4.69) is 17.0 Å². The summed E-state index contributed by atoms with van der Waals surface area (Å²) in [4.78, 5) is 3.95. The fraction of sp³-hybridized carbons (Fsp3) is 0.733. The lowest BCUT2D eigenvalue weighted by Crippen LogP contribution is -2.23. The highest BCUT2D eigenvalue weighted by Gasteiger charge is 2.22. The van der Waals surface area contributed by atoms with Gasteiger partial charge in [-0.1, -0.05) is 39.3 Å². The maximum Gasteiger partial charge on any atom is 0.150 e. The molecule has 6 heteroatoms. The van der Waals surface area contributed by atoms with Gasteiger partial charge in [0.15, 0.2) is 0 Å².